The Morgan fingerprint density at radius 3 is 2.45 bits per heavy atom. The van der Waals surface area contributed by atoms with Gasteiger partial charge in [-0.25, -0.2) is 0 Å². The highest BCUT2D eigenvalue weighted by atomic mass is 35.5. The summed E-state index contributed by atoms with van der Waals surface area (Å²) < 4.78 is 0. The first-order chi connectivity index (χ1) is 14.0. The number of piperidine rings is 1. The van der Waals surface area contributed by atoms with Crippen molar-refractivity contribution < 1.29 is 9.59 Å². The number of likely N-dealkylation sites (tertiary alicyclic amines) is 1. The van der Waals surface area contributed by atoms with Crippen LogP contribution in [0.4, 0.5) is 11.4 Å². The molecule has 1 aliphatic heterocycles. The predicted molar refractivity (Wildman–Crippen MR) is 119 cm³/mol. The standard InChI is InChI=1S/C22H25Cl2N3O2/c1-2-15-5-3-4-6-20(15)26-22(29)16-9-11-27(12-10-16)14-21(28)25-17-7-8-18(23)19(24)13-17/h3-8,13,16H,2,9-12,14H2,1H3,(H,25,28)(H,26,29). The largest absolute Gasteiger partial charge is 0.326 e. The fourth-order valence-electron chi connectivity index (χ4n) is 3.52. The number of rotatable bonds is 6. The molecule has 2 aromatic carbocycles. The second-order valence-electron chi connectivity index (χ2n) is 7.23. The summed E-state index contributed by atoms with van der Waals surface area (Å²) in [5.74, 6) is -0.0803. The molecule has 2 amide bonds. The third-order valence-electron chi connectivity index (χ3n) is 5.19. The van der Waals surface area contributed by atoms with Gasteiger partial charge in [0.25, 0.3) is 0 Å². The highest BCUT2D eigenvalue weighted by molar-refractivity contribution is 6.42. The molecule has 154 valence electrons. The molecule has 2 aromatic rings. The lowest BCUT2D eigenvalue weighted by Gasteiger charge is -2.30. The first-order valence-corrected chi connectivity index (χ1v) is 10.6. The molecular weight excluding hydrogens is 409 g/mol. The van der Waals surface area contributed by atoms with Gasteiger partial charge >= 0.3 is 0 Å². The lowest BCUT2D eigenvalue weighted by molar-refractivity contribution is -0.121. The van der Waals surface area contributed by atoms with Crippen LogP contribution in [0.15, 0.2) is 42.5 Å². The Morgan fingerprint density at radius 2 is 1.76 bits per heavy atom. The van der Waals surface area contributed by atoms with Crippen molar-refractivity contribution in [2.24, 2.45) is 5.92 Å². The molecule has 1 aliphatic rings. The lowest BCUT2D eigenvalue weighted by Crippen LogP contribution is -2.41. The van der Waals surface area contributed by atoms with Gasteiger partial charge in [-0.2, -0.15) is 0 Å². The van der Waals surface area contributed by atoms with Crippen LogP contribution in [0.2, 0.25) is 10.0 Å². The molecule has 0 atom stereocenters. The second kappa shape index (κ2) is 10.1. The minimum absolute atomic E-state index is 0.0331. The molecule has 1 fully saturated rings. The number of carbonyl (C=O) groups excluding carboxylic acids is 2. The van der Waals surface area contributed by atoms with Crippen molar-refractivity contribution in [3.05, 3.63) is 58.1 Å². The summed E-state index contributed by atoms with van der Waals surface area (Å²) in [5, 5.41) is 6.76. The fourth-order valence-corrected chi connectivity index (χ4v) is 3.81. The van der Waals surface area contributed by atoms with E-state index in [1.165, 1.54) is 0 Å². The van der Waals surface area contributed by atoms with Gasteiger partial charge in [-0.3, -0.25) is 14.5 Å². The van der Waals surface area contributed by atoms with Gasteiger partial charge < -0.3 is 10.6 Å². The van der Waals surface area contributed by atoms with Crippen LogP contribution < -0.4 is 10.6 Å². The molecule has 1 saturated heterocycles. The van der Waals surface area contributed by atoms with Crippen LogP contribution in [0.3, 0.4) is 0 Å². The number of aryl methyl sites for hydroxylation is 1. The average Bonchev–Trinajstić information content (AvgIpc) is 2.71. The first-order valence-electron chi connectivity index (χ1n) is 9.82. The van der Waals surface area contributed by atoms with Crippen molar-refractivity contribution in [1.82, 2.24) is 4.90 Å². The minimum atomic E-state index is -0.108. The van der Waals surface area contributed by atoms with Crippen molar-refractivity contribution in [3.8, 4) is 0 Å². The molecule has 29 heavy (non-hydrogen) atoms. The van der Waals surface area contributed by atoms with E-state index in [0.29, 0.717) is 28.8 Å². The minimum Gasteiger partial charge on any atom is -0.326 e. The fraction of sp³-hybridized carbons (Fsp3) is 0.364. The number of para-hydroxylation sites is 1. The summed E-state index contributed by atoms with van der Waals surface area (Å²) >= 11 is 11.9. The molecule has 0 spiro atoms. The zero-order valence-corrected chi connectivity index (χ0v) is 17.9. The third-order valence-corrected chi connectivity index (χ3v) is 5.92. The van der Waals surface area contributed by atoms with Gasteiger partial charge in [0, 0.05) is 17.3 Å². The van der Waals surface area contributed by atoms with Crippen molar-refractivity contribution >= 4 is 46.4 Å². The van der Waals surface area contributed by atoms with Crippen LogP contribution in [-0.2, 0) is 16.0 Å². The number of benzene rings is 2. The van der Waals surface area contributed by atoms with Crippen molar-refractivity contribution in [2.45, 2.75) is 26.2 Å². The monoisotopic (exact) mass is 433 g/mol. The van der Waals surface area contributed by atoms with Crippen LogP contribution in [0.5, 0.6) is 0 Å². The maximum Gasteiger partial charge on any atom is 0.238 e. The molecule has 0 unspecified atom stereocenters. The van der Waals surface area contributed by atoms with E-state index >= 15 is 0 Å². The molecule has 0 saturated carbocycles. The highest BCUT2D eigenvalue weighted by Gasteiger charge is 2.26. The molecule has 7 heteroatoms. The smallest absolute Gasteiger partial charge is 0.238 e. The van der Waals surface area contributed by atoms with Crippen LogP contribution >= 0.6 is 23.2 Å². The zero-order valence-electron chi connectivity index (χ0n) is 16.4. The zero-order chi connectivity index (χ0) is 20.8. The van der Waals surface area contributed by atoms with Crippen LogP contribution in [0, 0.1) is 5.92 Å². The van der Waals surface area contributed by atoms with Crippen molar-refractivity contribution in [2.75, 3.05) is 30.3 Å². The Kier molecular flexibility index (Phi) is 7.53. The predicted octanol–water partition coefficient (Wildman–Crippen LogP) is 4.85. The Bertz CT molecular complexity index is 880. The van der Waals surface area contributed by atoms with Crippen molar-refractivity contribution in [1.29, 1.82) is 0 Å². The molecule has 0 bridgehead atoms. The van der Waals surface area contributed by atoms with E-state index in [9.17, 15) is 9.59 Å². The number of halogens is 2. The lowest BCUT2D eigenvalue weighted by atomic mass is 9.95. The maximum absolute atomic E-state index is 12.6. The summed E-state index contributed by atoms with van der Waals surface area (Å²) in [6.07, 6.45) is 2.35. The number of hydrogen-bond acceptors (Lipinski definition) is 3. The number of nitrogens with zero attached hydrogens (tertiary/aromatic N) is 1. The van der Waals surface area contributed by atoms with Gasteiger partial charge in [0.1, 0.15) is 0 Å². The van der Waals surface area contributed by atoms with E-state index in [2.05, 4.69) is 22.5 Å². The Morgan fingerprint density at radius 1 is 1.03 bits per heavy atom. The molecule has 1 heterocycles. The second-order valence-corrected chi connectivity index (χ2v) is 8.04. The van der Waals surface area contributed by atoms with Gasteiger partial charge in [0.15, 0.2) is 0 Å². The summed E-state index contributed by atoms with van der Waals surface area (Å²) in [5.41, 5.74) is 2.65. The Balaban J connectivity index is 1.46. The van der Waals surface area contributed by atoms with E-state index in [1.807, 2.05) is 24.3 Å². The molecule has 5 nitrogen and oxygen atoms in total. The number of anilines is 2. The summed E-state index contributed by atoms with van der Waals surface area (Å²) in [4.78, 5) is 27.0. The van der Waals surface area contributed by atoms with E-state index in [-0.39, 0.29) is 24.3 Å². The quantitative estimate of drug-likeness (QED) is 0.684. The molecule has 3 rings (SSSR count). The topological polar surface area (TPSA) is 61.4 Å². The molecule has 0 radical (unpaired) electrons. The van der Waals surface area contributed by atoms with Gasteiger partial charge in [-0.15, -0.1) is 0 Å². The van der Waals surface area contributed by atoms with Gasteiger partial charge in [0.2, 0.25) is 11.8 Å². The van der Waals surface area contributed by atoms with E-state index < -0.39 is 0 Å². The summed E-state index contributed by atoms with van der Waals surface area (Å²) in [6.45, 7) is 3.78. The SMILES string of the molecule is CCc1ccccc1NC(=O)C1CCN(CC(=O)Nc2ccc(Cl)c(Cl)c2)CC1. The van der Waals surface area contributed by atoms with Gasteiger partial charge in [0.05, 0.1) is 16.6 Å². The van der Waals surface area contributed by atoms with E-state index in [1.54, 1.807) is 18.2 Å². The highest BCUT2D eigenvalue weighted by Crippen LogP contribution is 2.25. The number of carbonyl (C=O) groups is 2. The summed E-state index contributed by atoms with van der Waals surface area (Å²) in [7, 11) is 0. The van der Waals surface area contributed by atoms with E-state index in [0.717, 1.165) is 30.5 Å². The Hall–Kier alpha value is -2.08. The van der Waals surface area contributed by atoms with Gasteiger partial charge in [-0.05, 0) is 62.2 Å². The van der Waals surface area contributed by atoms with Crippen LogP contribution in [0.25, 0.3) is 0 Å². The summed E-state index contributed by atoms with van der Waals surface area (Å²) in [6, 6.07) is 12.9. The molecule has 0 aromatic heterocycles. The van der Waals surface area contributed by atoms with E-state index in [4.69, 9.17) is 23.2 Å². The number of hydrogen-bond donors (Lipinski definition) is 2. The van der Waals surface area contributed by atoms with Gasteiger partial charge in [-0.1, -0.05) is 48.3 Å². The molecular formula is C22H25Cl2N3O2. The average molecular weight is 434 g/mol. The number of nitrogens with one attached hydrogen (secondary N) is 2. The Labute approximate surface area is 181 Å². The normalized spacial score (nSPS) is 15.1. The first kappa shape index (κ1) is 21.6. The third kappa shape index (κ3) is 5.95. The molecule has 0 aliphatic carbocycles. The van der Waals surface area contributed by atoms with Crippen LogP contribution in [-0.4, -0.2) is 36.3 Å². The number of amides is 2. The van der Waals surface area contributed by atoms with Crippen LogP contribution in [0.1, 0.15) is 25.3 Å². The van der Waals surface area contributed by atoms with Crippen molar-refractivity contribution in [3.63, 3.8) is 0 Å². The molecule has 2 N–H and O–H groups in total. The maximum atomic E-state index is 12.6.